The number of pyridine rings is 1. The second kappa shape index (κ2) is 13.3. The van der Waals surface area contributed by atoms with E-state index in [1.807, 2.05) is 19.9 Å². The topological polar surface area (TPSA) is 53.4 Å². The Morgan fingerprint density at radius 3 is 2.58 bits per heavy atom. The number of rotatable bonds is 7. The smallest absolute Gasteiger partial charge is 0.386 e. The summed E-state index contributed by atoms with van der Waals surface area (Å²) in [4.78, 5) is 19.1. The Kier molecular flexibility index (Phi) is 10.4. The van der Waals surface area contributed by atoms with Gasteiger partial charge in [-0.2, -0.15) is 13.2 Å². The summed E-state index contributed by atoms with van der Waals surface area (Å²) in [6.45, 7) is 13.6. The van der Waals surface area contributed by atoms with Gasteiger partial charge in [-0.05, 0) is 92.4 Å². The van der Waals surface area contributed by atoms with E-state index in [0.717, 1.165) is 43.9 Å². The van der Waals surface area contributed by atoms with Gasteiger partial charge in [-0.15, -0.1) is 0 Å². The molecule has 1 amide bonds. The van der Waals surface area contributed by atoms with Gasteiger partial charge in [-0.1, -0.05) is 71.2 Å². The maximum atomic E-state index is 13.3. The first-order valence-electron chi connectivity index (χ1n) is 16.4. The van der Waals surface area contributed by atoms with Gasteiger partial charge >= 0.3 is 6.18 Å². The van der Waals surface area contributed by atoms with Crippen LogP contribution in [0.3, 0.4) is 0 Å². The van der Waals surface area contributed by atoms with Crippen molar-refractivity contribution in [2.75, 3.05) is 6.54 Å². The number of hydrogen-bond donors (Lipinski definition) is 1. The standard InChI is InChI=1S/C19H23F3N2O.C17H28O/c1-12-7-14-3-2-5-18(14,9-12)17(25)24-6-4-16-13(11-24)8-15(10-23-16)19(20,21)22;1-6-9-16(13(3)7-2)14-10-8-11-15(12-14)17(4,5)18/h8,10,12,14H,2-7,9,11H2,1H3;8,10-13,16,18H,6-7,9H2,1-5H3/t;13?,16-/m.0/s1. The molecule has 2 saturated carbocycles. The van der Waals surface area contributed by atoms with Gasteiger partial charge in [-0.25, -0.2) is 0 Å². The lowest BCUT2D eigenvalue weighted by molar-refractivity contribution is -0.144. The Balaban J connectivity index is 0.000000209. The molecule has 43 heavy (non-hydrogen) atoms. The summed E-state index contributed by atoms with van der Waals surface area (Å²) in [5.74, 6) is 2.49. The highest BCUT2D eigenvalue weighted by molar-refractivity contribution is 5.84. The van der Waals surface area contributed by atoms with Crippen LogP contribution in [0, 0.1) is 23.2 Å². The van der Waals surface area contributed by atoms with Crippen molar-refractivity contribution in [3.05, 3.63) is 64.5 Å². The van der Waals surface area contributed by atoms with E-state index in [0.29, 0.717) is 47.9 Å². The summed E-state index contributed by atoms with van der Waals surface area (Å²) < 4.78 is 38.9. The van der Waals surface area contributed by atoms with Crippen LogP contribution < -0.4 is 0 Å². The lowest BCUT2D eigenvalue weighted by Crippen LogP contribution is -2.46. The van der Waals surface area contributed by atoms with Crippen molar-refractivity contribution in [3.8, 4) is 0 Å². The average Bonchev–Trinajstić information content (AvgIpc) is 3.51. The number of benzene rings is 1. The number of fused-ring (bicyclic) bond motifs is 2. The van der Waals surface area contributed by atoms with Gasteiger partial charge in [0.2, 0.25) is 5.91 Å². The Morgan fingerprint density at radius 1 is 1.19 bits per heavy atom. The van der Waals surface area contributed by atoms with Crippen molar-refractivity contribution in [2.24, 2.45) is 23.2 Å². The predicted octanol–water partition coefficient (Wildman–Crippen LogP) is 9.05. The number of aliphatic hydroxyl groups is 1. The first kappa shape index (κ1) is 33.5. The number of hydrogen-bond acceptors (Lipinski definition) is 3. The number of carbonyl (C=O) groups is 1. The third-order valence-corrected chi connectivity index (χ3v) is 10.4. The van der Waals surface area contributed by atoms with E-state index < -0.39 is 17.3 Å². The minimum atomic E-state index is -4.40. The van der Waals surface area contributed by atoms with Gasteiger partial charge in [-0.3, -0.25) is 9.78 Å². The van der Waals surface area contributed by atoms with E-state index in [1.165, 1.54) is 30.9 Å². The minimum absolute atomic E-state index is 0.169. The van der Waals surface area contributed by atoms with Gasteiger partial charge in [0.25, 0.3) is 0 Å². The molecular formula is C36H51F3N2O2. The molecule has 4 unspecified atom stereocenters. The molecule has 2 aromatic rings. The van der Waals surface area contributed by atoms with Crippen LogP contribution in [0.25, 0.3) is 0 Å². The third-order valence-electron chi connectivity index (χ3n) is 10.4. The van der Waals surface area contributed by atoms with Crippen molar-refractivity contribution < 1.29 is 23.1 Å². The molecule has 0 spiro atoms. The first-order chi connectivity index (χ1) is 20.2. The summed E-state index contributed by atoms with van der Waals surface area (Å²) >= 11 is 0. The zero-order valence-electron chi connectivity index (χ0n) is 26.9. The molecular weight excluding hydrogens is 549 g/mol. The molecule has 1 aliphatic heterocycles. The van der Waals surface area contributed by atoms with Crippen LogP contribution >= 0.6 is 0 Å². The third kappa shape index (κ3) is 7.46. The average molecular weight is 601 g/mol. The Morgan fingerprint density at radius 2 is 1.93 bits per heavy atom. The summed E-state index contributed by atoms with van der Waals surface area (Å²) in [6.07, 6.45) is 5.86. The maximum Gasteiger partial charge on any atom is 0.417 e. The van der Waals surface area contributed by atoms with Crippen LogP contribution in [-0.2, 0) is 29.5 Å². The molecule has 1 aromatic carbocycles. The Bertz CT molecular complexity index is 1250. The van der Waals surface area contributed by atoms with Crippen molar-refractivity contribution >= 4 is 5.91 Å². The Labute approximate surface area is 256 Å². The summed E-state index contributed by atoms with van der Waals surface area (Å²) in [7, 11) is 0. The Hall–Kier alpha value is -2.41. The van der Waals surface area contributed by atoms with Crippen molar-refractivity contribution in [1.82, 2.24) is 9.88 Å². The summed E-state index contributed by atoms with van der Waals surface area (Å²) in [5.41, 5.74) is 1.90. The molecule has 0 radical (unpaired) electrons. The maximum absolute atomic E-state index is 13.3. The zero-order valence-corrected chi connectivity index (χ0v) is 26.9. The van der Waals surface area contributed by atoms with Gasteiger partial charge in [0.1, 0.15) is 0 Å². The van der Waals surface area contributed by atoms with E-state index in [-0.39, 0.29) is 17.9 Å². The number of aromatic nitrogens is 1. The van der Waals surface area contributed by atoms with Crippen LogP contribution in [0.1, 0.15) is 127 Å². The molecule has 1 N–H and O–H groups in total. The fraction of sp³-hybridized carbons (Fsp3) is 0.667. The molecule has 2 aliphatic carbocycles. The number of nitrogens with zero attached hydrogens (tertiary/aromatic N) is 2. The van der Waals surface area contributed by atoms with Crippen LogP contribution in [0.4, 0.5) is 13.2 Å². The van der Waals surface area contributed by atoms with Gasteiger partial charge in [0, 0.05) is 31.4 Å². The summed E-state index contributed by atoms with van der Waals surface area (Å²) in [5, 5.41) is 10.1. The largest absolute Gasteiger partial charge is 0.417 e. The summed E-state index contributed by atoms with van der Waals surface area (Å²) in [6, 6.07) is 9.66. The van der Waals surface area contributed by atoms with Crippen LogP contribution in [0.2, 0.25) is 0 Å². The molecule has 0 saturated heterocycles. The fourth-order valence-electron chi connectivity index (χ4n) is 7.91. The molecule has 3 aliphatic rings. The number of alkyl halides is 3. The lowest BCUT2D eigenvalue weighted by atomic mass is 9.78. The number of carbonyl (C=O) groups excluding carboxylic acids is 1. The van der Waals surface area contributed by atoms with Crippen LogP contribution in [0.15, 0.2) is 36.5 Å². The van der Waals surface area contributed by atoms with E-state index >= 15 is 0 Å². The molecule has 5 atom stereocenters. The van der Waals surface area contributed by atoms with Gasteiger partial charge in [0.05, 0.1) is 16.6 Å². The van der Waals surface area contributed by atoms with Crippen molar-refractivity contribution in [1.29, 1.82) is 0 Å². The van der Waals surface area contributed by atoms with E-state index in [9.17, 15) is 23.1 Å². The first-order valence-corrected chi connectivity index (χ1v) is 16.4. The normalized spacial score (nSPS) is 24.9. The molecule has 2 heterocycles. The second-order valence-corrected chi connectivity index (χ2v) is 14.1. The highest BCUT2D eigenvalue weighted by atomic mass is 19.4. The molecule has 1 aromatic heterocycles. The molecule has 7 heteroatoms. The minimum Gasteiger partial charge on any atom is -0.386 e. The SMILES string of the molecule is CC1CC2CCCC2(C(=O)N2CCc3ncc(C(F)(F)F)cc3C2)C1.CCC[C@H](c1cccc(C(C)(C)O)c1)C(C)CC. The van der Waals surface area contributed by atoms with Gasteiger partial charge < -0.3 is 10.0 Å². The monoisotopic (exact) mass is 600 g/mol. The number of halogens is 3. The second-order valence-electron chi connectivity index (χ2n) is 14.1. The zero-order chi connectivity index (χ0) is 31.6. The van der Waals surface area contributed by atoms with E-state index in [2.05, 4.69) is 50.9 Å². The fourth-order valence-corrected chi connectivity index (χ4v) is 7.91. The molecule has 5 rings (SSSR count). The molecule has 2 fully saturated rings. The highest BCUT2D eigenvalue weighted by Crippen LogP contribution is 2.57. The van der Waals surface area contributed by atoms with E-state index in [4.69, 9.17) is 0 Å². The van der Waals surface area contributed by atoms with Crippen molar-refractivity contribution in [3.63, 3.8) is 0 Å². The predicted molar refractivity (Wildman–Crippen MR) is 165 cm³/mol. The van der Waals surface area contributed by atoms with Crippen LogP contribution in [-0.4, -0.2) is 27.4 Å². The van der Waals surface area contributed by atoms with Gasteiger partial charge in [0.15, 0.2) is 0 Å². The molecule has 238 valence electrons. The highest BCUT2D eigenvalue weighted by Gasteiger charge is 2.55. The van der Waals surface area contributed by atoms with E-state index in [1.54, 1.807) is 4.90 Å². The lowest BCUT2D eigenvalue weighted by Gasteiger charge is -2.37. The van der Waals surface area contributed by atoms with Crippen LogP contribution in [0.5, 0.6) is 0 Å². The molecule has 4 nitrogen and oxygen atoms in total. The molecule has 0 bridgehead atoms. The van der Waals surface area contributed by atoms with Crippen molar-refractivity contribution in [2.45, 2.75) is 124 Å². The quantitative estimate of drug-likeness (QED) is 0.345. The number of amides is 1.